The molecule has 0 spiro atoms. The molecule has 1 saturated carbocycles. The Bertz CT molecular complexity index is 826. The predicted molar refractivity (Wildman–Crippen MR) is 101 cm³/mol. The van der Waals surface area contributed by atoms with Gasteiger partial charge in [-0.1, -0.05) is 44.2 Å². The van der Waals surface area contributed by atoms with Gasteiger partial charge in [-0.15, -0.1) is 0 Å². The van der Waals surface area contributed by atoms with Crippen molar-refractivity contribution in [1.29, 1.82) is 0 Å². The standard InChI is InChI=1S/C22H24N2/c1-14(18-8-9-21-15(2)23-13-19(21)12-18)20-10-11-22(24-16(20)3)17-6-4-5-7-17/h8-12,17,23H,1-2,4-7,13H2,3H3. The van der Waals surface area contributed by atoms with Gasteiger partial charge >= 0.3 is 0 Å². The molecule has 0 saturated heterocycles. The van der Waals surface area contributed by atoms with E-state index in [0.717, 1.165) is 29.1 Å². The van der Waals surface area contributed by atoms with Crippen molar-refractivity contribution in [2.45, 2.75) is 45.1 Å². The van der Waals surface area contributed by atoms with Crippen molar-refractivity contribution in [1.82, 2.24) is 10.3 Å². The van der Waals surface area contributed by atoms with Crippen LogP contribution in [0.1, 0.15) is 65.2 Å². The van der Waals surface area contributed by atoms with Gasteiger partial charge in [-0.3, -0.25) is 4.98 Å². The fourth-order valence-electron chi connectivity index (χ4n) is 4.02. The van der Waals surface area contributed by atoms with Crippen LogP contribution in [0.2, 0.25) is 0 Å². The second-order valence-corrected chi connectivity index (χ2v) is 7.03. The minimum Gasteiger partial charge on any atom is -0.381 e. The predicted octanol–water partition coefficient (Wildman–Crippen LogP) is 5.18. The summed E-state index contributed by atoms with van der Waals surface area (Å²) < 4.78 is 0. The molecule has 1 fully saturated rings. The molecule has 0 unspecified atom stereocenters. The smallest absolute Gasteiger partial charge is 0.0454 e. The molecule has 0 amide bonds. The van der Waals surface area contributed by atoms with Gasteiger partial charge < -0.3 is 5.32 Å². The lowest BCUT2D eigenvalue weighted by atomic mass is 9.94. The van der Waals surface area contributed by atoms with Gasteiger partial charge in [0.1, 0.15) is 0 Å². The Hall–Kier alpha value is -2.35. The number of fused-ring (bicyclic) bond motifs is 1. The summed E-state index contributed by atoms with van der Waals surface area (Å²) in [6.45, 7) is 11.4. The lowest BCUT2D eigenvalue weighted by molar-refractivity contribution is 0.694. The van der Waals surface area contributed by atoms with Gasteiger partial charge in [0.15, 0.2) is 0 Å². The number of nitrogens with one attached hydrogen (secondary N) is 1. The van der Waals surface area contributed by atoms with E-state index >= 15 is 0 Å². The molecule has 2 nitrogen and oxygen atoms in total. The quantitative estimate of drug-likeness (QED) is 0.843. The van der Waals surface area contributed by atoms with Crippen molar-refractivity contribution >= 4 is 11.3 Å². The van der Waals surface area contributed by atoms with E-state index in [9.17, 15) is 0 Å². The second kappa shape index (κ2) is 5.94. The Morgan fingerprint density at radius 2 is 1.96 bits per heavy atom. The number of hydrogen-bond donors (Lipinski definition) is 1. The molecular formula is C22H24N2. The number of aryl methyl sites for hydroxylation is 1. The molecule has 1 aromatic carbocycles. The Morgan fingerprint density at radius 3 is 2.71 bits per heavy atom. The van der Waals surface area contributed by atoms with E-state index in [-0.39, 0.29) is 0 Å². The van der Waals surface area contributed by atoms with Crippen LogP contribution in [0.25, 0.3) is 11.3 Å². The Labute approximate surface area is 144 Å². The third-order valence-electron chi connectivity index (χ3n) is 5.48. The topological polar surface area (TPSA) is 24.9 Å². The number of nitrogens with zero attached hydrogens (tertiary/aromatic N) is 1. The normalized spacial score (nSPS) is 17.0. The zero-order chi connectivity index (χ0) is 16.7. The van der Waals surface area contributed by atoms with Crippen LogP contribution in [0, 0.1) is 6.92 Å². The summed E-state index contributed by atoms with van der Waals surface area (Å²) in [5.74, 6) is 0.656. The second-order valence-electron chi connectivity index (χ2n) is 7.03. The Balaban J connectivity index is 1.64. The Morgan fingerprint density at radius 1 is 1.17 bits per heavy atom. The van der Waals surface area contributed by atoms with Crippen molar-refractivity contribution in [3.8, 4) is 0 Å². The average Bonchev–Trinajstić information content (AvgIpc) is 3.24. The van der Waals surface area contributed by atoms with E-state index in [1.54, 1.807) is 0 Å². The molecule has 1 aromatic heterocycles. The largest absolute Gasteiger partial charge is 0.381 e. The first kappa shape index (κ1) is 15.2. The number of benzene rings is 1. The van der Waals surface area contributed by atoms with E-state index in [2.05, 4.69) is 55.7 Å². The molecule has 122 valence electrons. The van der Waals surface area contributed by atoms with Crippen LogP contribution in [0.5, 0.6) is 0 Å². The molecule has 0 atom stereocenters. The number of aromatic nitrogens is 1. The van der Waals surface area contributed by atoms with Crippen LogP contribution in [0.3, 0.4) is 0 Å². The molecule has 24 heavy (non-hydrogen) atoms. The van der Waals surface area contributed by atoms with E-state index in [4.69, 9.17) is 4.98 Å². The maximum Gasteiger partial charge on any atom is 0.0454 e. The van der Waals surface area contributed by atoms with Crippen LogP contribution in [0.4, 0.5) is 0 Å². The van der Waals surface area contributed by atoms with Crippen LogP contribution in [0.15, 0.2) is 43.5 Å². The van der Waals surface area contributed by atoms with Crippen LogP contribution in [-0.4, -0.2) is 4.98 Å². The zero-order valence-electron chi connectivity index (χ0n) is 14.4. The molecular weight excluding hydrogens is 292 g/mol. The van der Waals surface area contributed by atoms with Crippen LogP contribution in [-0.2, 0) is 6.54 Å². The van der Waals surface area contributed by atoms with Gasteiger partial charge in [-0.05, 0) is 48.6 Å². The molecule has 4 rings (SSSR count). The summed E-state index contributed by atoms with van der Waals surface area (Å²) in [5.41, 5.74) is 9.26. The van der Waals surface area contributed by atoms with Gasteiger partial charge in [-0.2, -0.15) is 0 Å². The van der Waals surface area contributed by atoms with E-state index in [0.29, 0.717) is 5.92 Å². The van der Waals surface area contributed by atoms with Crippen molar-refractivity contribution in [3.05, 3.63) is 77.1 Å². The molecule has 1 aliphatic carbocycles. The van der Waals surface area contributed by atoms with Crippen molar-refractivity contribution in [2.75, 3.05) is 0 Å². The lowest BCUT2D eigenvalue weighted by Gasteiger charge is -2.14. The third-order valence-corrected chi connectivity index (χ3v) is 5.48. The maximum absolute atomic E-state index is 4.90. The van der Waals surface area contributed by atoms with Gasteiger partial charge in [0, 0.05) is 40.7 Å². The van der Waals surface area contributed by atoms with Gasteiger partial charge in [0.25, 0.3) is 0 Å². The summed E-state index contributed by atoms with van der Waals surface area (Å²) in [5, 5.41) is 3.30. The average molecular weight is 316 g/mol. The fraction of sp³-hybridized carbons (Fsp3) is 0.318. The fourth-order valence-corrected chi connectivity index (χ4v) is 4.02. The monoisotopic (exact) mass is 316 g/mol. The number of pyridine rings is 1. The highest BCUT2D eigenvalue weighted by molar-refractivity contribution is 5.81. The summed E-state index contributed by atoms with van der Waals surface area (Å²) in [6.07, 6.45) is 5.26. The molecule has 2 aliphatic rings. The van der Waals surface area contributed by atoms with Gasteiger partial charge in [0.05, 0.1) is 0 Å². The van der Waals surface area contributed by atoms with E-state index in [1.165, 1.54) is 48.1 Å². The van der Waals surface area contributed by atoms with Gasteiger partial charge in [0.2, 0.25) is 0 Å². The zero-order valence-corrected chi connectivity index (χ0v) is 14.4. The highest BCUT2D eigenvalue weighted by atomic mass is 14.9. The minimum absolute atomic E-state index is 0.656. The lowest BCUT2D eigenvalue weighted by Crippen LogP contribution is -2.01. The molecule has 1 N–H and O–H groups in total. The van der Waals surface area contributed by atoms with Crippen molar-refractivity contribution in [2.24, 2.45) is 0 Å². The first-order valence-electron chi connectivity index (χ1n) is 8.87. The first-order valence-corrected chi connectivity index (χ1v) is 8.87. The molecule has 1 aliphatic heterocycles. The van der Waals surface area contributed by atoms with Gasteiger partial charge in [-0.25, -0.2) is 0 Å². The highest BCUT2D eigenvalue weighted by Crippen LogP contribution is 2.35. The minimum atomic E-state index is 0.656. The van der Waals surface area contributed by atoms with E-state index < -0.39 is 0 Å². The summed E-state index contributed by atoms with van der Waals surface area (Å²) in [6, 6.07) is 10.9. The number of rotatable bonds is 3. The summed E-state index contributed by atoms with van der Waals surface area (Å²) >= 11 is 0. The first-order chi connectivity index (χ1) is 11.6. The van der Waals surface area contributed by atoms with Crippen molar-refractivity contribution in [3.63, 3.8) is 0 Å². The summed E-state index contributed by atoms with van der Waals surface area (Å²) in [7, 11) is 0. The van der Waals surface area contributed by atoms with E-state index in [1.807, 2.05) is 0 Å². The highest BCUT2D eigenvalue weighted by Gasteiger charge is 2.20. The SMILES string of the molecule is C=C1NCc2cc(C(=C)c3ccc(C4CCCC4)nc3C)ccc21. The van der Waals surface area contributed by atoms with Crippen LogP contribution >= 0.6 is 0 Å². The maximum atomic E-state index is 4.90. The molecule has 0 radical (unpaired) electrons. The van der Waals surface area contributed by atoms with Crippen LogP contribution < -0.4 is 5.32 Å². The summed E-state index contributed by atoms with van der Waals surface area (Å²) in [4.78, 5) is 4.90. The molecule has 2 heterocycles. The molecule has 0 bridgehead atoms. The van der Waals surface area contributed by atoms with Crippen molar-refractivity contribution < 1.29 is 0 Å². The number of hydrogen-bond acceptors (Lipinski definition) is 2. The molecule has 2 aromatic rings. The molecule has 2 heteroatoms. The third kappa shape index (κ3) is 2.56. The Kier molecular flexibility index (Phi) is 3.76.